The molecule has 1 fully saturated rings. The Labute approximate surface area is 180 Å². The first-order valence-electron chi connectivity index (χ1n) is 10.4. The van der Waals surface area contributed by atoms with Crippen molar-refractivity contribution in [2.45, 2.75) is 50.3 Å². The van der Waals surface area contributed by atoms with Gasteiger partial charge in [0.15, 0.2) is 5.13 Å². The van der Waals surface area contributed by atoms with Crippen LogP contribution in [0.15, 0.2) is 29.2 Å². The number of benzene rings is 1. The molecule has 1 aromatic heterocycles. The van der Waals surface area contributed by atoms with Crippen LogP contribution in [0.5, 0.6) is 0 Å². The molecule has 2 aromatic rings. The molecule has 0 unspecified atom stereocenters. The number of rotatable bonds is 5. The van der Waals surface area contributed by atoms with Crippen molar-refractivity contribution in [2.24, 2.45) is 11.8 Å². The van der Waals surface area contributed by atoms with E-state index >= 15 is 0 Å². The van der Waals surface area contributed by atoms with Gasteiger partial charge in [0.1, 0.15) is 10.7 Å². The Hall–Kier alpha value is -1.84. The third-order valence-electron chi connectivity index (χ3n) is 6.13. The molecule has 4 rings (SSSR count). The molecule has 30 heavy (non-hydrogen) atoms. The number of aryl methyl sites for hydroxylation is 1. The van der Waals surface area contributed by atoms with Gasteiger partial charge in [-0.2, -0.15) is 4.31 Å². The monoisotopic (exact) mass is 451 g/mol. The number of aromatic nitrogens is 1. The molecule has 1 aliphatic heterocycles. The minimum Gasteiger partial charge on any atom is -0.302 e. The quantitative estimate of drug-likeness (QED) is 0.749. The molecular formula is C21H26FN3O3S2. The Morgan fingerprint density at radius 3 is 2.70 bits per heavy atom. The second-order valence-electron chi connectivity index (χ2n) is 8.00. The van der Waals surface area contributed by atoms with Crippen LogP contribution in [0.4, 0.5) is 9.52 Å². The van der Waals surface area contributed by atoms with Crippen LogP contribution in [0.25, 0.3) is 0 Å². The lowest BCUT2D eigenvalue weighted by Crippen LogP contribution is -2.41. The third-order valence-corrected chi connectivity index (χ3v) is 9.10. The van der Waals surface area contributed by atoms with E-state index in [0.717, 1.165) is 37.4 Å². The van der Waals surface area contributed by atoms with E-state index in [1.54, 1.807) is 11.3 Å². The van der Waals surface area contributed by atoms with Gasteiger partial charge in [-0.3, -0.25) is 4.79 Å². The standard InChI is InChI=1S/C21H26FN3O3S2/c1-2-14-7-8-17-18(13-14)29-21(23-17)24-20(26)15-9-11-25(12-10-15)30(27,28)19-6-4-3-5-16(19)22/h3-6,14-15H,2,7-13H2,1H3,(H,23,24,26)/t14-/m1/s1. The molecule has 0 bridgehead atoms. The first kappa shape index (κ1) is 21.4. The summed E-state index contributed by atoms with van der Waals surface area (Å²) in [7, 11) is -3.89. The van der Waals surface area contributed by atoms with Gasteiger partial charge in [0, 0.05) is 23.9 Å². The molecule has 162 valence electrons. The smallest absolute Gasteiger partial charge is 0.245 e. The molecule has 1 amide bonds. The minimum atomic E-state index is -3.89. The van der Waals surface area contributed by atoms with Crippen LogP contribution in [0.2, 0.25) is 0 Å². The molecule has 1 N–H and O–H groups in total. The number of hydrogen-bond acceptors (Lipinski definition) is 5. The average molecular weight is 452 g/mol. The summed E-state index contributed by atoms with van der Waals surface area (Å²) in [5.74, 6) is -0.449. The van der Waals surface area contributed by atoms with Crippen LogP contribution in [-0.2, 0) is 27.7 Å². The van der Waals surface area contributed by atoms with E-state index in [0.29, 0.717) is 23.9 Å². The number of thiazole rings is 1. The molecule has 9 heteroatoms. The van der Waals surface area contributed by atoms with Crippen LogP contribution in [0, 0.1) is 17.7 Å². The maximum atomic E-state index is 14.0. The van der Waals surface area contributed by atoms with Gasteiger partial charge in [-0.05, 0) is 50.2 Å². The van der Waals surface area contributed by atoms with E-state index in [1.807, 2.05) is 0 Å². The highest BCUT2D eigenvalue weighted by molar-refractivity contribution is 7.89. The van der Waals surface area contributed by atoms with Crippen LogP contribution < -0.4 is 5.32 Å². The molecule has 1 aromatic carbocycles. The van der Waals surface area contributed by atoms with Gasteiger partial charge in [0.25, 0.3) is 0 Å². The first-order valence-corrected chi connectivity index (χ1v) is 12.7. The lowest BCUT2D eigenvalue weighted by molar-refractivity contribution is -0.120. The van der Waals surface area contributed by atoms with Crippen molar-refractivity contribution >= 4 is 32.4 Å². The number of carbonyl (C=O) groups excluding carboxylic acids is 1. The molecule has 0 spiro atoms. The second kappa shape index (κ2) is 8.72. The SMILES string of the molecule is CC[C@@H]1CCc2nc(NC(=O)C3CCN(S(=O)(=O)c4ccccc4F)CC3)sc2C1. The highest BCUT2D eigenvalue weighted by Crippen LogP contribution is 2.34. The number of piperidine rings is 1. The number of sulfonamides is 1. The lowest BCUT2D eigenvalue weighted by Gasteiger charge is -2.30. The Balaban J connectivity index is 1.36. The van der Waals surface area contributed by atoms with E-state index in [4.69, 9.17) is 0 Å². The van der Waals surface area contributed by atoms with Crippen molar-refractivity contribution in [1.29, 1.82) is 0 Å². The predicted molar refractivity (Wildman–Crippen MR) is 114 cm³/mol. The van der Waals surface area contributed by atoms with Crippen molar-refractivity contribution in [3.05, 3.63) is 40.7 Å². The number of halogens is 1. The van der Waals surface area contributed by atoms with Gasteiger partial charge in [-0.25, -0.2) is 17.8 Å². The lowest BCUT2D eigenvalue weighted by atomic mass is 9.89. The van der Waals surface area contributed by atoms with Gasteiger partial charge < -0.3 is 5.32 Å². The number of hydrogen-bond donors (Lipinski definition) is 1. The van der Waals surface area contributed by atoms with Gasteiger partial charge in [-0.1, -0.05) is 25.5 Å². The second-order valence-corrected chi connectivity index (χ2v) is 11.0. The van der Waals surface area contributed by atoms with Gasteiger partial charge in [0.05, 0.1) is 5.69 Å². The number of nitrogens with one attached hydrogen (secondary N) is 1. The minimum absolute atomic E-state index is 0.115. The van der Waals surface area contributed by atoms with Crippen molar-refractivity contribution < 1.29 is 17.6 Å². The summed E-state index contributed by atoms with van der Waals surface area (Å²) in [5.41, 5.74) is 1.10. The van der Waals surface area contributed by atoms with E-state index in [-0.39, 0.29) is 29.8 Å². The topological polar surface area (TPSA) is 79.4 Å². The van der Waals surface area contributed by atoms with Gasteiger partial charge in [0.2, 0.25) is 15.9 Å². The summed E-state index contributed by atoms with van der Waals surface area (Å²) in [6.45, 7) is 2.60. The molecule has 1 atom stereocenters. The number of anilines is 1. The summed E-state index contributed by atoms with van der Waals surface area (Å²) in [6, 6.07) is 5.39. The van der Waals surface area contributed by atoms with E-state index < -0.39 is 15.8 Å². The molecule has 1 saturated heterocycles. The molecule has 2 heterocycles. The fourth-order valence-electron chi connectivity index (χ4n) is 4.20. The van der Waals surface area contributed by atoms with E-state index in [9.17, 15) is 17.6 Å². The van der Waals surface area contributed by atoms with Gasteiger partial charge in [-0.15, -0.1) is 11.3 Å². The summed E-state index contributed by atoms with van der Waals surface area (Å²) in [6.07, 6.45) is 5.12. The fourth-order valence-corrected chi connectivity index (χ4v) is 6.86. The average Bonchev–Trinajstić information content (AvgIpc) is 3.15. The van der Waals surface area contributed by atoms with E-state index in [1.165, 1.54) is 27.4 Å². The maximum Gasteiger partial charge on any atom is 0.245 e. The van der Waals surface area contributed by atoms with Crippen LogP contribution in [0.1, 0.15) is 43.2 Å². The summed E-state index contributed by atoms with van der Waals surface area (Å²) < 4.78 is 40.7. The Kier molecular flexibility index (Phi) is 6.22. The molecule has 1 aliphatic carbocycles. The molecular weight excluding hydrogens is 425 g/mol. The molecule has 0 radical (unpaired) electrons. The van der Waals surface area contributed by atoms with Crippen LogP contribution in [-0.4, -0.2) is 36.7 Å². The van der Waals surface area contributed by atoms with E-state index in [2.05, 4.69) is 17.2 Å². The summed E-state index contributed by atoms with van der Waals surface area (Å²) >= 11 is 1.56. The zero-order valence-electron chi connectivity index (χ0n) is 16.9. The van der Waals surface area contributed by atoms with Crippen molar-refractivity contribution in [2.75, 3.05) is 18.4 Å². The highest BCUT2D eigenvalue weighted by Gasteiger charge is 2.34. The summed E-state index contributed by atoms with van der Waals surface area (Å²) in [4.78, 5) is 18.3. The normalized spacial score (nSPS) is 20.7. The third kappa shape index (κ3) is 4.29. The molecule has 6 nitrogen and oxygen atoms in total. The van der Waals surface area contributed by atoms with Crippen molar-refractivity contribution in [3.63, 3.8) is 0 Å². The van der Waals surface area contributed by atoms with Crippen LogP contribution >= 0.6 is 11.3 Å². The summed E-state index contributed by atoms with van der Waals surface area (Å²) in [5, 5.41) is 3.58. The number of fused-ring (bicyclic) bond motifs is 1. The number of amides is 1. The molecule has 0 saturated carbocycles. The molecule has 2 aliphatic rings. The highest BCUT2D eigenvalue weighted by atomic mass is 32.2. The van der Waals surface area contributed by atoms with Crippen LogP contribution in [0.3, 0.4) is 0 Å². The Morgan fingerprint density at radius 1 is 1.27 bits per heavy atom. The van der Waals surface area contributed by atoms with Crippen molar-refractivity contribution in [3.8, 4) is 0 Å². The first-order chi connectivity index (χ1) is 14.4. The zero-order chi connectivity index (χ0) is 21.3. The Morgan fingerprint density at radius 2 is 2.00 bits per heavy atom. The largest absolute Gasteiger partial charge is 0.302 e. The van der Waals surface area contributed by atoms with Gasteiger partial charge >= 0.3 is 0 Å². The van der Waals surface area contributed by atoms with Crippen molar-refractivity contribution in [1.82, 2.24) is 9.29 Å². The fraction of sp³-hybridized carbons (Fsp3) is 0.524. The maximum absolute atomic E-state index is 14.0. The number of carbonyl (C=O) groups is 1. The zero-order valence-corrected chi connectivity index (χ0v) is 18.6. The predicted octanol–water partition coefficient (Wildman–Crippen LogP) is 3.84. The number of nitrogens with zero attached hydrogens (tertiary/aromatic N) is 2. The Bertz CT molecular complexity index is 1030.